The molecule has 1 aliphatic rings. The van der Waals surface area contributed by atoms with Crippen molar-refractivity contribution in [3.63, 3.8) is 0 Å². The van der Waals surface area contributed by atoms with E-state index in [1.165, 1.54) is 16.8 Å². The van der Waals surface area contributed by atoms with Crippen LogP contribution in [0.1, 0.15) is 29.8 Å². The van der Waals surface area contributed by atoms with Crippen LogP contribution in [0, 0.1) is 25.5 Å². The highest BCUT2D eigenvalue weighted by atomic mass is 19.1. The topological polar surface area (TPSA) is 50.2 Å². The Morgan fingerprint density at radius 1 is 1.24 bits per heavy atom. The first-order valence-corrected chi connectivity index (χ1v) is 8.46. The molecule has 1 N–H and O–H groups in total. The number of nitrogens with zero attached hydrogens (tertiary/aromatic N) is 3. The fourth-order valence-electron chi connectivity index (χ4n) is 3.19. The van der Waals surface area contributed by atoms with E-state index < -0.39 is 11.6 Å². The average molecular weight is 348 g/mol. The van der Waals surface area contributed by atoms with Gasteiger partial charge in [-0.1, -0.05) is 0 Å². The number of hydrogen-bond acceptors (Lipinski definition) is 3. The Hall–Kier alpha value is -2.28. The summed E-state index contributed by atoms with van der Waals surface area (Å²) < 4.78 is 28.6. The van der Waals surface area contributed by atoms with Gasteiger partial charge in [-0.05, 0) is 38.8 Å². The molecule has 1 aliphatic heterocycles. The number of likely N-dealkylation sites (tertiary alicyclic amines) is 1. The predicted octanol–water partition coefficient (Wildman–Crippen LogP) is 2.48. The van der Waals surface area contributed by atoms with Crippen molar-refractivity contribution in [3.8, 4) is 5.69 Å². The van der Waals surface area contributed by atoms with Crippen molar-refractivity contribution < 1.29 is 13.6 Å². The average Bonchev–Trinajstić information content (AvgIpc) is 3.18. The highest BCUT2D eigenvalue weighted by molar-refractivity contribution is 5.78. The molecule has 25 heavy (non-hydrogen) atoms. The molecule has 134 valence electrons. The number of rotatable bonds is 5. The molecular formula is C18H22F2N4O. The number of halogens is 2. The Morgan fingerprint density at radius 2 is 1.96 bits per heavy atom. The van der Waals surface area contributed by atoms with Gasteiger partial charge in [0.2, 0.25) is 5.91 Å². The normalized spacial score (nSPS) is 14.3. The van der Waals surface area contributed by atoms with Crippen LogP contribution in [0.5, 0.6) is 0 Å². The molecule has 3 rings (SSSR count). The number of aryl methyl sites for hydroxylation is 1. The fraction of sp³-hybridized carbons (Fsp3) is 0.444. The van der Waals surface area contributed by atoms with Crippen molar-refractivity contribution in [2.24, 2.45) is 0 Å². The van der Waals surface area contributed by atoms with E-state index >= 15 is 0 Å². The molecule has 0 aliphatic carbocycles. The molecule has 0 bridgehead atoms. The number of aromatic nitrogens is 2. The summed E-state index contributed by atoms with van der Waals surface area (Å²) in [5.74, 6) is -1.18. The van der Waals surface area contributed by atoms with Crippen LogP contribution >= 0.6 is 0 Å². The highest BCUT2D eigenvalue weighted by Crippen LogP contribution is 2.20. The van der Waals surface area contributed by atoms with Crippen LogP contribution in [0.15, 0.2) is 18.2 Å². The van der Waals surface area contributed by atoms with Gasteiger partial charge in [-0.15, -0.1) is 0 Å². The summed E-state index contributed by atoms with van der Waals surface area (Å²) in [4.78, 5) is 13.9. The molecule has 0 saturated carbocycles. The maximum absolute atomic E-state index is 14.0. The van der Waals surface area contributed by atoms with E-state index in [1.54, 1.807) is 0 Å². The minimum absolute atomic E-state index is 0.102. The lowest BCUT2D eigenvalue weighted by Crippen LogP contribution is -2.36. The molecule has 1 aromatic heterocycles. The smallest absolute Gasteiger partial charge is 0.236 e. The summed E-state index contributed by atoms with van der Waals surface area (Å²) in [6.45, 7) is 6.09. The van der Waals surface area contributed by atoms with Gasteiger partial charge in [0, 0.05) is 37.0 Å². The quantitative estimate of drug-likeness (QED) is 0.903. The molecule has 7 heteroatoms. The third-order valence-corrected chi connectivity index (χ3v) is 4.62. The molecule has 1 fully saturated rings. The van der Waals surface area contributed by atoms with E-state index in [4.69, 9.17) is 0 Å². The summed E-state index contributed by atoms with van der Waals surface area (Å²) in [6.07, 6.45) is 2.14. The Balaban J connectivity index is 1.70. The predicted molar refractivity (Wildman–Crippen MR) is 90.5 cm³/mol. The maximum atomic E-state index is 14.0. The Morgan fingerprint density at radius 3 is 2.64 bits per heavy atom. The number of carbonyl (C=O) groups excluding carboxylic acids is 1. The molecule has 1 amide bonds. The zero-order valence-corrected chi connectivity index (χ0v) is 14.5. The van der Waals surface area contributed by atoms with Crippen LogP contribution in [0.25, 0.3) is 5.69 Å². The largest absolute Gasteiger partial charge is 0.342 e. The summed E-state index contributed by atoms with van der Waals surface area (Å²) in [5.41, 5.74) is 2.64. The Labute approximate surface area is 145 Å². The van der Waals surface area contributed by atoms with Gasteiger partial charge in [0.05, 0.1) is 12.2 Å². The second-order valence-corrected chi connectivity index (χ2v) is 6.35. The molecule has 2 heterocycles. The molecule has 2 aromatic rings. The molecule has 0 unspecified atom stereocenters. The van der Waals surface area contributed by atoms with Gasteiger partial charge in [-0.25, -0.2) is 13.5 Å². The second kappa shape index (κ2) is 7.31. The summed E-state index contributed by atoms with van der Waals surface area (Å²) >= 11 is 0. The number of nitrogens with one attached hydrogen (secondary N) is 1. The van der Waals surface area contributed by atoms with Crippen LogP contribution in [-0.2, 0) is 11.3 Å². The molecule has 1 saturated heterocycles. The van der Waals surface area contributed by atoms with Gasteiger partial charge in [0.25, 0.3) is 0 Å². The van der Waals surface area contributed by atoms with Gasteiger partial charge in [0.15, 0.2) is 5.82 Å². The van der Waals surface area contributed by atoms with Crippen molar-refractivity contribution in [3.05, 3.63) is 46.8 Å². The van der Waals surface area contributed by atoms with Gasteiger partial charge in [-0.3, -0.25) is 4.79 Å². The van der Waals surface area contributed by atoms with Crippen molar-refractivity contribution in [1.29, 1.82) is 0 Å². The van der Waals surface area contributed by atoms with Gasteiger partial charge in [0.1, 0.15) is 11.5 Å². The van der Waals surface area contributed by atoms with E-state index in [0.29, 0.717) is 6.54 Å². The first kappa shape index (κ1) is 17.5. The zero-order chi connectivity index (χ0) is 18.0. The molecule has 0 radical (unpaired) electrons. The lowest BCUT2D eigenvalue weighted by molar-refractivity contribution is -0.129. The van der Waals surface area contributed by atoms with Crippen molar-refractivity contribution in [2.75, 3.05) is 19.6 Å². The van der Waals surface area contributed by atoms with Crippen LogP contribution in [-0.4, -0.2) is 40.2 Å². The van der Waals surface area contributed by atoms with Crippen molar-refractivity contribution in [2.45, 2.75) is 33.2 Å². The van der Waals surface area contributed by atoms with Crippen LogP contribution in [0.4, 0.5) is 8.78 Å². The number of benzene rings is 1. The molecule has 1 aromatic carbocycles. The number of amides is 1. The third-order valence-electron chi connectivity index (χ3n) is 4.62. The zero-order valence-electron chi connectivity index (χ0n) is 14.5. The van der Waals surface area contributed by atoms with E-state index in [2.05, 4.69) is 10.4 Å². The first-order chi connectivity index (χ1) is 12.0. The highest BCUT2D eigenvalue weighted by Gasteiger charge is 2.19. The first-order valence-electron chi connectivity index (χ1n) is 8.46. The third kappa shape index (κ3) is 3.71. The minimum Gasteiger partial charge on any atom is -0.342 e. The molecule has 0 atom stereocenters. The lowest BCUT2D eigenvalue weighted by Gasteiger charge is -2.15. The lowest BCUT2D eigenvalue weighted by atomic mass is 10.2. The number of hydrogen-bond donors (Lipinski definition) is 1. The summed E-state index contributed by atoms with van der Waals surface area (Å²) in [7, 11) is 0. The Bertz CT molecular complexity index is 782. The van der Waals surface area contributed by atoms with E-state index in [9.17, 15) is 13.6 Å². The molecule has 5 nitrogen and oxygen atoms in total. The monoisotopic (exact) mass is 348 g/mol. The van der Waals surface area contributed by atoms with Crippen molar-refractivity contribution in [1.82, 2.24) is 20.0 Å². The maximum Gasteiger partial charge on any atom is 0.236 e. The second-order valence-electron chi connectivity index (χ2n) is 6.35. The van der Waals surface area contributed by atoms with Gasteiger partial charge >= 0.3 is 0 Å². The van der Waals surface area contributed by atoms with E-state index in [0.717, 1.165) is 48.9 Å². The molecule has 0 spiro atoms. The van der Waals surface area contributed by atoms with Gasteiger partial charge < -0.3 is 10.2 Å². The summed E-state index contributed by atoms with van der Waals surface area (Å²) in [5, 5.41) is 7.52. The van der Waals surface area contributed by atoms with Gasteiger partial charge in [-0.2, -0.15) is 5.10 Å². The van der Waals surface area contributed by atoms with E-state index in [1.807, 2.05) is 18.7 Å². The van der Waals surface area contributed by atoms with Crippen molar-refractivity contribution >= 4 is 5.91 Å². The van der Waals surface area contributed by atoms with Crippen LogP contribution in [0.3, 0.4) is 0 Å². The van der Waals surface area contributed by atoms with Crippen LogP contribution in [0.2, 0.25) is 0 Å². The minimum atomic E-state index is -0.658. The fourth-order valence-corrected chi connectivity index (χ4v) is 3.19. The van der Waals surface area contributed by atoms with Crippen LogP contribution < -0.4 is 5.32 Å². The van der Waals surface area contributed by atoms with E-state index in [-0.39, 0.29) is 18.1 Å². The number of carbonyl (C=O) groups is 1. The SMILES string of the molecule is Cc1nn(-c2ccc(F)cc2F)c(C)c1CNCC(=O)N1CCCC1. The molecular weight excluding hydrogens is 326 g/mol. The standard InChI is InChI=1S/C18H22F2N4O/c1-12-15(10-21-11-18(25)23-7-3-4-8-23)13(2)24(22-12)17-6-5-14(19)9-16(17)20/h5-6,9,21H,3-4,7-8,10-11H2,1-2H3. The Kier molecular flexibility index (Phi) is 5.13. The summed E-state index contributed by atoms with van der Waals surface area (Å²) in [6, 6.07) is 3.43.